The number of aryl methyl sites for hydroxylation is 1. The highest BCUT2D eigenvalue weighted by atomic mass is 15.2. The molecule has 0 aromatic heterocycles. The first-order valence-electron chi connectivity index (χ1n) is 7.83. The van der Waals surface area contributed by atoms with Crippen molar-refractivity contribution in [3.8, 4) is 0 Å². The molecule has 3 rings (SSSR count). The standard InChI is InChI=1S/C17H26N2/c1-3-13-4-6-15(7-5-13)19-16-8-9-17(19)11-14(10-16)12-18-2/h4-7,14,16-18H,3,8-12H2,1-2H3. The second kappa shape index (κ2) is 5.54. The molecule has 2 unspecified atom stereocenters. The Morgan fingerprint density at radius 3 is 2.26 bits per heavy atom. The third kappa shape index (κ3) is 2.51. The Balaban J connectivity index is 1.75. The maximum atomic E-state index is 3.36. The van der Waals surface area contributed by atoms with Gasteiger partial charge in [0.15, 0.2) is 0 Å². The molecule has 0 radical (unpaired) electrons. The van der Waals surface area contributed by atoms with Crippen LogP contribution in [-0.4, -0.2) is 25.7 Å². The van der Waals surface area contributed by atoms with E-state index in [2.05, 4.69) is 48.5 Å². The van der Waals surface area contributed by atoms with Crippen molar-refractivity contribution in [3.63, 3.8) is 0 Å². The minimum absolute atomic E-state index is 0.782. The summed E-state index contributed by atoms with van der Waals surface area (Å²) in [6, 6.07) is 10.8. The van der Waals surface area contributed by atoms with Gasteiger partial charge in [0, 0.05) is 17.8 Å². The van der Waals surface area contributed by atoms with Gasteiger partial charge in [0.1, 0.15) is 0 Å². The van der Waals surface area contributed by atoms with Crippen LogP contribution in [0.25, 0.3) is 0 Å². The third-order valence-electron chi connectivity index (χ3n) is 4.97. The molecule has 0 spiro atoms. The lowest BCUT2D eigenvalue weighted by Gasteiger charge is -2.40. The van der Waals surface area contributed by atoms with Crippen LogP contribution < -0.4 is 10.2 Å². The molecular formula is C17H26N2. The zero-order valence-electron chi connectivity index (χ0n) is 12.2. The first-order valence-corrected chi connectivity index (χ1v) is 7.83. The van der Waals surface area contributed by atoms with E-state index >= 15 is 0 Å². The Hall–Kier alpha value is -1.02. The fourth-order valence-corrected chi connectivity index (χ4v) is 4.07. The number of hydrogen-bond acceptors (Lipinski definition) is 2. The number of hydrogen-bond donors (Lipinski definition) is 1. The summed E-state index contributed by atoms with van der Waals surface area (Å²) in [5, 5.41) is 3.36. The quantitative estimate of drug-likeness (QED) is 0.892. The van der Waals surface area contributed by atoms with Crippen LogP contribution in [0, 0.1) is 5.92 Å². The van der Waals surface area contributed by atoms with Crippen molar-refractivity contribution in [2.75, 3.05) is 18.5 Å². The average molecular weight is 258 g/mol. The van der Waals surface area contributed by atoms with Gasteiger partial charge in [0.25, 0.3) is 0 Å². The summed E-state index contributed by atoms with van der Waals surface area (Å²) in [6.07, 6.45) is 6.65. The van der Waals surface area contributed by atoms with E-state index in [-0.39, 0.29) is 0 Å². The Morgan fingerprint density at radius 2 is 1.74 bits per heavy atom. The van der Waals surface area contributed by atoms with E-state index in [4.69, 9.17) is 0 Å². The van der Waals surface area contributed by atoms with Crippen molar-refractivity contribution in [1.29, 1.82) is 0 Å². The van der Waals surface area contributed by atoms with Gasteiger partial charge < -0.3 is 10.2 Å². The molecule has 2 heterocycles. The number of benzene rings is 1. The van der Waals surface area contributed by atoms with Crippen molar-refractivity contribution in [2.24, 2.45) is 5.92 Å². The maximum Gasteiger partial charge on any atom is 0.0371 e. The topological polar surface area (TPSA) is 15.3 Å². The molecule has 19 heavy (non-hydrogen) atoms. The Labute approximate surface area is 117 Å². The molecule has 2 heteroatoms. The van der Waals surface area contributed by atoms with E-state index in [0.29, 0.717) is 0 Å². The summed E-state index contributed by atoms with van der Waals surface area (Å²) in [6.45, 7) is 3.41. The minimum atomic E-state index is 0.782. The predicted molar refractivity (Wildman–Crippen MR) is 81.8 cm³/mol. The second-order valence-electron chi connectivity index (χ2n) is 6.21. The molecule has 1 aromatic rings. The number of nitrogens with zero attached hydrogens (tertiary/aromatic N) is 1. The molecule has 0 saturated carbocycles. The van der Waals surface area contributed by atoms with Gasteiger partial charge in [0.2, 0.25) is 0 Å². The van der Waals surface area contributed by atoms with Crippen LogP contribution in [0.1, 0.15) is 38.2 Å². The summed E-state index contributed by atoms with van der Waals surface area (Å²) in [5.74, 6) is 0.883. The lowest BCUT2D eigenvalue weighted by Crippen LogP contribution is -2.44. The van der Waals surface area contributed by atoms with Crippen molar-refractivity contribution in [1.82, 2.24) is 5.32 Å². The average Bonchev–Trinajstić information content (AvgIpc) is 2.71. The summed E-state index contributed by atoms with van der Waals surface area (Å²) in [7, 11) is 2.08. The van der Waals surface area contributed by atoms with E-state index in [1.807, 2.05) is 0 Å². The molecule has 0 amide bonds. The van der Waals surface area contributed by atoms with Gasteiger partial charge in [-0.3, -0.25) is 0 Å². The van der Waals surface area contributed by atoms with Gasteiger partial charge in [0.05, 0.1) is 0 Å². The highest BCUT2D eigenvalue weighted by Gasteiger charge is 2.40. The number of rotatable bonds is 4. The number of nitrogens with one attached hydrogen (secondary N) is 1. The van der Waals surface area contributed by atoms with Gasteiger partial charge in [-0.1, -0.05) is 19.1 Å². The van der Waals surface area contributed by atoms with Crippen molar-refractivity contribution >= 4 is 5.69 Å². The number of fused-ring (bicyclic) bond motifs is 2. The van der Waals surface area contributed by atoms with E-state index in [9.17, 15) is 0 Å². The zero-order valence-corrected chi connectivity index (χ0v) is 12.2. The molecule has 2 atom stereocenters. The maximum absolute atomic E-state index is 3.36. The first-order chi connectivity index (χ1) is 9.31. The smallest absolute Gasteiger partial charge is 0.0371 e. The van der Waals surface area contributed by atoms with Crippen LogP contribution in [0.2, 0.25) is 0 Å². The predicted octanol–water partition coefficient (Wildman–Crippen LogP) is 3.22. The fraction of sp³-hybridized carbons (Fsp3) is 0.647. The number of anilines is 1. The highest BCUT2D eigenvalue weighted by Crippen LogP contribution is 2.41. The van der Waals surface area contributed by atoms with Gasteiger partial charge >= 0.3 is 0 Å². The lowest BCUT2D eigenvalue weighted by atomic mass is 9.90. The molecular weight excluding hydrogens is 232 g/mol. The van der Waals surface area contributed by atoms with Crippen LogP contribution >= 0.6 is 0 Å². The van der Waals surface area contributed by atoms with E-state index in [1.54, 1.807) is 0 Å². The minimum Gasteiger partial charge on any atom is -0.366 e. The van der Waals surface area contributed by atoms with Crippen LogP contribution in [0.5, 0.6) is 0 Å². The van der Waals surface area contributed by atoms with Crippen molar-refractivity contribution in [3.05, 3.63) is 29.8 Å². The largest absolute Gasteiger partial charge is 0.366 e. The highest BCUT2D eigenvalue weighted by molar-refractivity contribution is 5.51. The number of piperidine rings is 1. The Bertz CT molecular complexity index is 398. The summed E-state index contributed by atoms with van der Waals surface area (Å²) < 4.78 is 0. The summed E-state index contributed by atoms with van der Waals surface area (Å²) in [4.78, 5) is 2.71. The Kier molecular flexibility index (Phi) is 3.79. The van der Waals surface area contributed by atoms with E-state index in [0.717, 1.165) is 24.4 Å². The Morgan fingerprint density at radius 1 is 1.11 bits per heavy atom. The van der Waals surface area contributed by atoms with Crippen LogP contribution in [0.4, 0.5) is 5.69 Å². The molecule has 2 saturated heterocycles. The molecule has 2 nitrogen and oxygen atoms in total. The van der Waals surface area contributed by atoms with Gasteiger partial charge in [-0.2, -0.15) is 0 Å². The second-order valence-corrected chi connectivity index (χ2v) is 6.21. The first kappa shape index (κ1) is 13.0. The molecule has 0 aliphatic carbocycles. The van der Waals surface area contributed by atoms with Crippen LogP contribution in [0.15, 0.2) is 24.3 Å². The van der Waals surface area contributed by atoms with E-state index in [1.165, 1.54) is 43.5 Å². The molecule has 2 aliphatic heterocycles. The molecule has 2 fully saturated rings. The monoisotopic (exact) mass is 258 g/mol. The van der Waals surface area contributed by atoms with Crippen molar-refractivity contribution < 1.29 is 0 Å². The van der Waals surface area contributed by atoms with Gasteiger partial charge in [-0.15, -0.1) is 0 Å². The third-order valence-corrected chi connectivity index (χ3v) is 4.97. The lowest BCUT2D eigenvalue weighted by molar-refractivity contribution is 0.333. The molecule has 2 bridgehead atoms. The van der Waals surface area contributed by atoms with Crippen molar-refractivity contribution in [2.45, 2.75) is 51.1 Å². The SMILES string of the molecule is CCc1ccc(N2C3CCC2CC(CNC)C3)cc1. The molecule has 104 valence electrons. The summed E-state index contributed by atoms with van der Waals surface area (Å²) >= 11 is 0. The summed E-state index contributed by atoms with van der Waals surface area (Å²) in [5.41, 5.74) is 2.90. The normalized spacial score (nSPS) is 29.8. The van der Waals surface area contributed by atoms with Crippen LogP contribution in [0.3, 0.4) is 0 Å². The van der Waals surface area contributed by atoms with Crippen LogP contribution in [-0.2, 0) is 6.42 Å². The molecule has 1 aromatic carbocycles. The zero-order chi connectivity index (χ0) is 13.2. The molecule has 2 aliphatic rings. The molecule has 1 N–H and O–H groups in total. The van der Waals surface area contributed by atoms with Gasteiger partial charge in [-0.25, -0.2) is 0 Å². The van der Waals surface area contributed by atoms with Gasteiger partial charge in [-0.05, 0) is 69.3 Å². The fourth-order valence-electron chi connectivity index (χ4n) is 4.07. The van der Waals surface area contributed by atoms with E-state index < -0.39 is 0 Å².